The second kappa shape index (κ2) is 5.57. The van der Waals surface area contributed by atoms with Crippen molar-refractivity contribution in [3.05, 3.63) is 12.2 Å². The van der Waals surface area contributed by atoms with Gasteiger partial charge in [-0.15, -0.1) is 5.92 Å². The highest BCUT2D eigenvalue weighted by Crippen LogP contribution is 2.18. The van der Waals surface area contributed by atoms with Crippen LogP contribution in [0, 0.1) is 17.8 Å². The van der Waals surface area contributed by atoms with E-state index in [4.69, 9.17) is 9.47 Å². The molecule has 0 aromatic rings. The van der Waals surface area contributed by atoms with Crippen molar-refractivity contribution in [2.24, 2.45) is 5.92 Å². The standard InChI is InChI=1S/C12H16O3/c1-4-5-11-7-6-9(2)12(15-11)8-14-10(3)13/h6-7,9,11-12H,8H2,1-3H3/t9-,11+,12+/m0/s1. The van der Waals surface area contributed by atoms with Crippen LogP contribution in [0.4, 0.5) is 0 Å². The molecule has 1 aliphatic rings. The van der Waals surface area contributed by atoms with Gasteiger partial charge in [-0.3, -0.25) is 4.79 Å². The lowest BCUT2D eigenvalue weighted by Gasteiger charge is -2.27. The van der Waals surface area contributed by atoms with Crippen LogP contribution in [0.25, 0.3) is 0 Å². The summed E-state index contributed by atoms with van der Waals surface area (Å²) in [6.45, 7) is 5.49. The molecular formula is C12H16O3. The first kappa shape index (κ1) is 11.8. The van der Waals surface area contributed by atoms with Gasteiger partial charge in [0.2, 0.25) is 0 Å². The van der Waals surface area contributed by atoms with Crippen molar-refractivity contribution in [1.82, 2.24) is 0 Å². The zero-order valence-electron chi connectivity index (χ0n) is 9.32. The Labute approximate surface area is 90.4 Å². The van der Waals surface area contributed by atoms with Crippen molar-refractivity contribution in [3.63, 3.8) is 0 Å². The number of hydrogen-bond acceptors (Lipinski definition) is 3. The monoisotopic (exact) mass is 208 g/mol. The molecule has 15 heavy (non-hydrogen) atoms. The largest absolute Gasteiger partial charge is 0.463 e. The van der Waals surface area contributed by atoms with Gasteiger partial charge in [0.05, 0.1) is 6.10 Å². The fraction of sp³-hybridized carbons (Fsp3) is 0.583. The molecule has 0 saturated carbocycles. The van der Waals surface area contributed by atoms with Gasteiger partial charge in [0.25, 0.3) is 0 Å². The van der Waals surface area contributed by atoms with E-state index >= 15 is 0 Å². The third-order valence-electron chi connectivity index (χ3n) is 2.23. The van der Waals surface area contributed by atoms with Crippen LogP contribution in [0.1, 0.15) is 20.8 Å². The van der Waals surface area contributed by atoms with E-state index in [2.05, 4.69) is 11.8 Å². The van der Waals surface area contributed by atoms with Crippen molar-refractivity contribution in [3.8, 4) is 11.8 Å². The molecule has 1 aliphatic heterocycles. The molecule has 0 amide bonds. The van der Waals surface area contributed by atoms with Gasteiger partial charge in [-0.1, -0.05) is 18.9 Å². The molecule has 0 radical (unpaired) electrons. The molecule has 3 nitrogen and oxygen atoms in total. The molecule has 0 N–H and O–H groups in total. The van der Waals surface area contributed by atoms with E-state index in [1.807, 2.05) is 19.1 Å². The second-order valence-corrected chi connectivity index (χ2v) is 3.54. The summed E-state index contributed by atoms with van der Waals surface area (Å²) in [7, 11) is 0. The first-order valence-corrected chi connectivity index (χ1v) is 5.03. The van der Waals surface area contributed by atoms with Gasteiger partial charge in [0.15, 0.2) is 0 Å². The van der Waals surface area contributed by atoms with E-state index in [0.717, 1.165) is 0 Å². The fourth-order valence-electron chi connectivity index (χ4n) is 1.37. The van der Waals surface area contributed by atoms with Crippen molar-refractivity contribution in [2.45, 2.75) is 33.0 Å². The summed E-state index contributed by atoms with van der Waals surface area (Å²) in [6, 6.07) is 0. The lowest BCUT2D eigenvalue weighted by molar-refractivity contribution is -0.147. The Balaban J connectivity index is 2.53. The van der Waals surface area contributed by atoms with Crippen molar-refractivity contribution >= 4 is 5.97 Å². The minimum Gasteiger partial charge on any atom is -0.463 e. The number of rotatable bonds is 2. The van der Waals surface area contributed by atoms with Gasteiger partial charge >= 0.3 is 5.97 Å². The summed E-state index contributed by atoms with van der Waals surface area (Å²) in [5, 5.41) is 0. The van der Waals surface area contributed by atoms with Crippen LogP contribution in [0.3, 0.4) is 0 Å². The second-order valence-electron chi connectivity index (χ2n) is 3.54. The van der Waals surface area contributed by atoms with Crippen molar-refractivity contribution < 1.29 is 14.3 Å². The van der Waals surface area contributed by atoms with Gasteiger partial charge in [0.1, 0.15) is 12.7 Å². The third kappa shape index (κ3) is 3.77. The molecule has 3 heteroatoms. The summed E-state index contributed by atoms with van der Waals surface area (Å²) in [6.07, 6.45) is 3.72. The number of hydrogen-bond donors (Lipinski definition) is 0. The number of ether oxygens (including phenoxy) is 2. The summed E-state index contributed by atoms with van der Waals surface area (Å²) >= 11 is 0. The summed E-state index contributed by atoms with van der Waals surface area (Å²) in [5.74, 6) is 5.70. The Kier molecular flexibility index (Phi) is 4.38. The molecule has 0 aromatic heterocycles. The normalized spacial score (nSPS) is 29.1. The average molecular weight is 208 g/mol. The molecule has 1 heterocycles. The van der Waals surface area contributed by atoms with Crippen LogP contribution in [0.5, 0.6) is 0 Å². The average Bonchev–Trinajstić information content (AvgIpc) is 2.19. The zero-order chi connectivity index (χ0) is 11.3. The van der Waals surface area contributed by atoms with E-state index in [9.17, 15) is 4.79 Å². The highest BCUT2D eigenvalue weighted by atomic mass is 16.6. The van der Waals surface area contributed by atoms with E-state index < -0.39 is 0 Å². The van der Waals surface area contributed by atoms with Crippen LogP contribution in [0.15, 0.2) is 12.2 Å². The number of carbonyl (C=O) groups excluding carboxylic acids is 1. The molecule has 82 valence electrons. The van der Waals surface area contributed by atoms with Gasteiger partial charge in [-0.2, -0.15) is 0 Å². The van der Waals surface area contributed by atoms with E-state index in [1.54, 1.807) is 6.92 Å². The third-order valence-corrected chi connectivity index (χ3v) is 2.23. The van der Waals surface area contributed by atoms with Crippen LogP contribution < -0.4 is 0 Å². The zero-order valence-corrected chi connectivity index (χ0v) is 9.32. The maximum absolute atomic E-state index is 10.7. The van der Waals surface area contributed by atoms with Crippen molar-refractivity contribution in [2.75, 3.05) is 6.61 Å². The summed E-state index contributed by atoms with van der Waals surface area (Å²) in [5.41, 5.74) is 0. The maximum atomic E-state index is 10.7. The Hall–Kier alpha value is -1.27. The minimum atomic E-state index is -0.279. The summed E-state index contributed by atoms with van der Waals surface area (Å²) < 4.78 is 10.6. The van der Waals surface area contributed by atoms with E-state index in [0.29, 0.717) is 6.61 Å². The molecule has 0 fully saturated rings. The predicted molar refractivity (Wildman–Crippen MR) is 57.0 cm³/mol. The number of carbonyl (C=O) groups is 1. The highest BCUT2D eigenvalue weighted by molar-refractivity contribution is 5.65. The smallest absolute Gasteiger partial charge is 0.302 e. The topological polar surface area (TPSA) is 35.5 Å². The lowest BCUT2D eigenvalue weighted by Crippen LogP contribution is -2.33. The molecule has 1 rings (SSSR count). The molecule has 0 bridgehead atoms. The molecule has 0 aliphatic carbocycles. The van der Waals surface area contributed by atoms with E-state index in [1.165, 1.54) is 6.92 Å². The first-order valence-electron chi connectivity index (χ1n) is 5.03. The highest BCUT2D eigenvalue weighted by Gasteiger charge is 2.24. The molecule has 0 spiro atoms. The fourth-order valence-corrected chi connectivity index (χ4v) is 1.37. The van der Waals surface area contributed by atoms with Crippen LogP contribution >= 0.6 is 0 Å². The van der Waals surface area contributed by atoms with Crippen LogP contribution in [-0.2, 0) is 14.3 Å². The Morgan fingerprint density at radius 1 is 1.53 bits per heavy atom. The molecular weight excluding hydrogens is 192 g/mol. The summed E-state index contributed by atoms with van der Waals surface area (Å²) in [4.78, 5) is 10.7. The Morgan fingerprint density at radius 2 is 2.27 bits per heavy atom. The SMILES string of the molecule is CC#C[C@@H]1C=C[C@H](C)[C@@H](COC(C)=O)O1. The first-order chi connectivity index (χ1) is 7.13. The van der Waals surface area contributed by atoms with Crippen molar-refractivity contribution in [1.29, 1.82) is 0 Å². The molecule has 0 saturated heterocycles. The maximum Gasteiger partial charge on any atom is 0.302 e. The van der Waals surface area contributed by atoms with E-state index in [-0.39, 0.29) is 24.1 Å². The quantitative estimate of drug-likeness (QED) is 0.392. The van der Waals surface area contributed by atoms with Crippen LogP contribution in [-0.4, -0.2) is 24.8 Å². The number of esters is 1. The molecule has 3 atom stereocenters. The Bertz CT molecular complexity index is 309. The predicted octanol–water partition coefficient (Wildman–Crippen LogP) is 1.53. The van der Waals surface area contributed by atoms with Gasteiger partial charge in [-0.05, 0) is 13.0 Å². The molecule has 0 unspecified atom stereocenters. The van der Waals surface area contributed by atoms with Crippen LogP contribution in [0.2, 0.25) is 0 Å². The molecule has 0 aromatic carbocycles. The lowest BCUT2D eigenvalue weighted by atomic mass is 10.0. The minimum absolute atomic E-state index is 0.0928. The van der Waals surface area contributed by atoms with Gasteiger partial charge < -0.3 is 9.47 Å². The van der Waals surface area contributed by atoms with Gasteiger partial charge in [0, 0.05) is 12.8 Å². The van der Waals surface area contributed by atoms with Gasteiger partial charge in [-0.25, -0.2) is 0 Å². The Morgan fingerprint density at radius 3 is 2.87 bits per heavy atom.